The first-order valence-corrected chi connectivity index (χ1v) is 12.2. The van der Waals surface area contributed by atoms with Crippen LogP contribution in [0.4, 0.5) is 0 Å². The minimum absolute atomic E-state index is 0.0970. The Morgan fingerprint density at radius 2 is 1.74 bits per heavy atom. The smallest absolute Gasteiger partial charge is 0.242 e. The van der Waals surface area contributed by atoms with Gasteiger partial charge in [0.25, 0.3) is 0 Å². The van der Waals surface area contributed by atoms with Gasteiger partial charge in [0.1, 0.15) is 11.2 Å². The maximum Gasteiger partial charge on any atom is 0.242 e. The van der Waals surface area contributed by atoms with E-state index in [1.54, 1.807) is 7.11 Å². The Kier molecular flexibility index (Phi) is 5.35. The van der Waals surface area contributed by atoms with Gasteiger partial charge >= 0.3 is 0 Å². The summed E-state index contributed by atoms with van der Waals surface area (Å²) >= 11 is 5.01. The number of fused-ring (bicyclic) bond motifs is 4. The normalized spacial score (nSPS) is 22.1. The minimum Gasteiger partial charge on any atom is -0.497 e. The van der Waals surface area contributed by atoms with Crippen LogP contribution in [0.5, 0.6) is 5.75 Å². The van der Waals surface area contributed by atoms with Gasteiger partial charge in [0.15, 0.2) is 0 Å². The van der Waals surface area contributed by atoms with E-state index in [9.17, 15) is 4.79 Å². The Labute approximate surface area is 204 Å². The first-order valence-electron chi connectivity index (χ1n) is 11.7. The third-order valence-electron chi connectivity index (χ3n) is 7.20. The predicted molar refractivity (Wildman–Crippen MR) is 137 cm³/mol. The van der Waals surface area contributed by atoms with E-state index in [4.69, 9.17) is 17.4 Å². The fourth-order valence-electron chi connectivity index (χ4n) is 5.52. The number of ether oxygens (including phenoxy) is 1. The summed E-state index contributed by atoms with van der Waals surface area (Å²) in [6.07, 6.45) is 1.50. The molecule has 0 radical (unpaired) electrons. The van der Waals surface area contributed by atoms with E-state index in [1.807, 2.05) is 41.3 Å². The number of nitrogens with one attached hydrogen (secondary N) is 1. The number of hydrogen-bond donors (Lipinski definition) is 2. The Bertz CT molecular complexity index is 1340. The third-order valence-corrected chi connectivity index (χ3v) is 7.75. The fraction of sp³-hybridized carbons (Fsp3) is 0.250. The molecule has 1 saturated heterocycles. The lowest BCUT2D eigenvalue weighted by atomic mass is 9.89. The molecular formula is C28H27N3O2S. The van der Waals surface area contributed by atoms with E-state index in [0.717, 1.165) is 28.9 Å². The molecule has 3 heterocycles. The first kappa shape index (κ1) is 21.3. The van der Waals surface area contributed by atoms with Crippen molar-refractivity contribution < 1.29 is 9.53 Å². The molecule has 34 heavy (non-hydrogen) atoms. The molecule has 0 spiro atoms. The second-order valence-corrected chi connectivity index (χ2v) is 9.48. The molecule has 6 heteroatoms. The van der Waals surface area contributed by atoms with E-state index in [1.165, 1.54) is 16.5 Å². The molecule has 1 N–H and O–H groups in total. The van der Waals surface area contributed by atoms with E-state index in [2.05, 4.69) is 52.3 Å². The lowest BCUT2D eigenvalue weighted by molar-refractivity contribution is -0.129. The largest absolute Gasteiger partial charge is 0.497 e. The molecule has 3 atom stereocenters. The van der Waals surface area contributed by atoms with Crippen LogP contribution >= 0.6 is 12.6 Å². The van der Waals surface area contributed by atoms with Crippen LogP contribution in [-0.4, -0.2) is 45.9 Å². The molecule has 1 amide bonds. The molecule has 2 aliphatic heterocycles. The van der Waals surface area contributed by atoms with E-state index < -0.39 is 0 Å². The zero-order chi connectivity index (χ0) is 23.2. The molecule has 5 nitrogen and oxygen atoms in total. The van der Waals surface area contributed by atoms with Crippen molar-refractivity contribution in [2.75, 3.05) is 13.7 Å². The number of nitrogens with zero attached hydrogens (tertiary/aromatic N) is 2. The average molecular weight is 470 g/mol. The van der Waals surface area contributed by atoms with Crippen molar-refractivity contribution >= 4 is 29.4 Å². The summed E-state index contributed by atoms with van der Waals surface area (Å²) in [6.45, 7) is 0.647. The summed E-state index contributed by atoms with van der Waals surface area (Å²) in [5.74, 6) is 0.975. The van der Waals surface area contributed by atoms with Gasteiger partial charge in [-0.1, -0.05) is 60.7 Å². The first-order chi connectivity index (χ1) is 16.7. The van der Waals surface area contributed by atoms with Crippen molar-refractivity contribution in [1.82, 2.24) is 14.8 Å². The Hall–Kier alpha value is -3.22. The SMILES string of the molecule is COc1ccc(C2c3[nH]c4ccccc4c3CC3C(=O)N(CCc4ccccc4)C(S)N32)cc1. The Morgan fingerprint density at radius 1 is 1.00 bits per heavy atom. The van der Waals surface area contributed by atoms with Crippen molar-refractivity contribution in [3.05, 3.63) is 101 Å². The predicted octanol–water partition coefficient (Wildman–Crippen LogP) is 4.79. The summed E-state index contributed by atoms with van der Waals surface area (Å²) in [5, 5.41) is 1.20. The number of aromatic amines is 1. The zero-order valence-corrected chi connectivity index (χ0v) is 19.9. The number of para-hydroxylation sites is 1. The van der Waals surface area contributed by atoms with Gasteiger partial charge in [0.05, 0.1) is 19.2 Å². The topological polar surface area (TPSA) is 48.6 Å². The maximum absolute atomic E-state index is 13.7. The number of carbonyl (C=O) groups is 1. The summed E-state index contributed by atoms with van der Waals surface area (Å²) < 4.78 is 5.39. The number of benzene rings is 3. The fourth-order valence-corrected chi connectivity index (χ4v) is 6.05. The lowest BCUT2D eigenvalue weighted by Gasteiger charge is -2.38. The van der Waals surface area contributed by atoms with E-state index in [-0.39, 0.29) is 23.5 Å². The standard InChI is InChI=1S/C28H27N3O2S/c1-33-20-13-11-19(12-14-20)26-25-22(21-9-5-6-10-23(21)29-25)17-24-27(32)30(28(34)31(24)26)16-15-18-7-3-2-4-8-18/h2-14,24,26,28-29,34H,15-17H2,1H3. The van der Waals surface area contributed by atoms with Crippen LogP contribution in [0.3, 0.4) is 0 Å². The number of carbonyl (C=O) groups excluding carboxylic acids is 1. The number of methoxy groups -OCH3 is 1. The van der Waals surface area contributed by atoms with Crippen LogP contribution in [0.15, 0.2) is 78.9 Å². The monoisotopic (exact) mass is 469 g/mol. The third kappa shape index (κ3) is 3.40. The highest BCUT2D eigenvalue weighted by molar-refractivity contribution is 7.80. The van der Waals surface area contributed by atoms with Crippen LogP contribution in [-0.2, 0) is 17.6 Å². The molecule has 3 unspecified atom stereocenters. The summed E-state index contributed by atoms with van der Waals surface area (Å²) in [6, 6.07) is 26.5. The van der Waals surface area contributed by atoms with Gasteiger partial charge in [0, 0.05) is 23.1 Å². The highest BCUT2D eigenvalue weighted by Crippen LogP contribution is 2.46. The number of hydrogen-bond acceptors (Lipinski definition) is 4. The second kappa shape index (κ2) is 8.53. The Balaban J connectivity index is 1.41. The van der Waals surface area contributed by atoms with Gasteiger partial charge in [-0.3, -0.25) is 4.79 Å². The summed E-state index contributed by atoms with van der Waals surface area (Å²) in [5.41, 5.74) is 5.54. The van der Waals surface area contributed by atoms with Crippen molar-refractivity contribution in [2.45, 2.75) is 30.4 Å². The molecule has 0 aliphatic carbocycles. The van der Waals surface area contributed by atoms with Gasteiger partial charge in [-0.2, -0.15) is 0 Å². The van der Waals surface area contributed by atoms with E-state index >= 15 is 0 Å². The average Bonchev–Trinajstić information content (AvgIpc) is 3.37. The van der Waals surface area contributed by atoms with Gasteiger partial charge in [0.2, 0.25) is 5.91 Å². The van der Waals surface area contributed by atoms with Gasteiger partial charge in [-0.15, -0.1) is 12.6 Å². The number of aromatic nitrogens is 1. The molecule has 0 bridgehead atoms. The van der Waals surface area contributed by atoms with Crippen molar-refractivity contribution in [3.63, 3.8) is 0 Å². The quantitative estimate of drug-likeness (QED) is 0.413. The molecule has 1 fully saturated rings. The Morgan fingerprint density at radius 3 is 2.50 bits per heavy atom. The highest BCUT2D eigenvalue weighted by atomic mass is 32.1. The molecule has 1 aromatic heterocycles. The lowest BCUT2D eigenvalue weighted by Crippen LogP contribution is -2.44. The van der Waals surface area contributed by atoms with Crippen LogP contribution in [0.2, 0.25) is 0 Å². The molecular weight excluding hydrogens is 442 g/mol. The van der Waals surface area contributed by atoms with Crippen molar-refractivity contribution in [2.24, 2.45) is 0 Å². The van der Waals surface area contributed by atoms with Gasteiger partial charge in [-0.25, -0.2) is 4.90 Å². The van der Waals surface area contributed by atoms with Crippen LogP contribution in [0, 0.1) is 0 Å². The molecule has 3 aromatic carbocycles. The second-order valence-electron chi connectivity index (χ2n) is 9.02. The van der Waals surface area contributed by atoms with E-state index in [0.29, 0.717) is 13.0 Å². The molecule has 2 aliphatic rings. The minimum atomic E-state index is -0.298. The van der Waals surface area contributed by atoms with Crippen molar-refractivity contribution in [3.8, 4) is 5.75 Å². The highest BCUT2D eigenvalue weighted by Gasteiger charge is 2.51. The van der Waals surface area contributed by atoms with Crippen LogP contribution in [0.25, 0.3) is 10.9 Å². The van der Waals surface area contributed by atoms with Gasteiger partial charge in [-0.05, 0) is 47.7 Å². The number of H-pyrrole nitrogens is 1. The van der Waals surface area contributed by atoms with Crippen LogP contribution in [0.1, 0.15) is 28.4 Å². The molecule has 6 rings (SSSR count). The molecule has 0 saturated carbocycles. The number of amides is 1. The van der Waals surface area contributed by atoms with Gasteiger partial charge < -0.3 is 14.6 Å². The van der Waals surface area contributed by atoms with Crippen molar-refractivity contribution in [1.29, 1.82) is 0 Å². The summed E-state index contributed by atoms with van der Waals surface area (Å²) in [4.78, 5) is 21.6. The number of thiol groups is 1. The molecule has 172 valence electrons. The maximum atomic E-state index is 13.7. The van der Waals surface area contributed by atoms with Crippen LogP contribution < -0.4 is 4.74 Å². The molecule has 4 aromatic rings. The summed E-state index contributed by atoms with van der Waals surface area (Å²) in [7, 11) is 1.68. The number of rotatable bonds is 5. The zero-order valence-electron chi connectivity index (χ0n) is 19.0.